The van der Waals surface area contributed by atoms with Crippen LogP contribution in [0.1, 0.15) is 26.7 Å². The largest absolute Gasteiger partial charge is 0.356 e. The number of hydrogen-bond acceptors (Lipinski definition) is 1. The lowest BCUT2D eigenvalue weighted by Gasteiger charge is -2.11. The van der Waals surface area contributed by atoms with Crippen LogP contribution in [0.5, 0.6) is 0 Å². The Morgan fingerprint density at radius 3 is 3.00 bits per heavy atom. The minimum Gasteiger partial charge on any atom is -0.356 e. The Morgan fingerprint density at radius 1 is 1.69 bits per heavy atom. The third-order valence-electron chi connectivity index (χ3n) is 2.30. The van der Waals surface area contributed by atoms with Crippen LogP contribution in [0.15, 0.2) is 23.8 Å². The SMILES string of the molecule is CCC(=O)NCC(C)C1=CCC=C1. The highest BCUT2D eigenvalue weighted by molar-refractivity contribution is 5.75. The fraction of sp³-hybridized carbons (Fsp3) is 0.545. The lowest BCUT2D eigenvalue weighted by Crippen LogP contribution is -2.27. The molecule has 0 heterocycles. The topological polar surface area (TPSA) is 29.1 Å². The van der Waals surface area contributed by atoms with E-state index in [1.165, 1.54) is 5.57 Å². The standard InChI is InChI=1S/C11H17NO/c1-3-11(13)12-8-9(2)10-6-4-5-7-10/h4,6-7,9H,3,5,8H2,1-2H3,(H,12,13). The molecule has 0 saturated heterocycles. The Balaban J connectivity index is 2.29. The van der Waals surface area contributed by atoms with Crippen LogP contribution < -0.4 is 5.32 Å². The van der Waals surface area contributed by atoms with E-state index in [2.05, 4.69) is 30.5 Å². The first-order valence-corrected chi connectivity index (χ1v) is 4.87. The smallest absolute Gasteiger partial charge is 0.219 e. The van der Waals surface area contributed by atoms with Gasteiger partial charge in [0.1, 0.15) is 0 Å². The van der Waals surface area contributed by atoms with E-state index < -0.39 is 0 Å². The van der Waals surface area contributed by atoms with Crippen LogP contribution in [0.2, 0.25) is 0 Å². The molecule has 0 aromatic carbocycles. The zero-order chi connectivity index (χ0) is 9.68. The number of carbonyl (C=O) groups excluding carboxylic acids is 1. The molecule has 1 rings (SSSR count). The quantitative estimate of drug-likeness (QED) is 0.703. The van der Waals surface area contributed by atoms with Crippen molar-refractivity contribution < 1.29 is 4.79 Å². The third kappa shape index (κ3) is 3.05. The summed E-state index contributed by atoms with van der Waals surface area (Å²) in [5.74, 6) is 0.573. The molecule has 13 heavy (non-hydrogen) atoms. The maximum Gasteiger partial charge on any atom is 0.219 e. The molecule has 2 heteroatoms. The van der Waals surface area contributed by atoms with E-state index in [0.717, 1.165) is 13.0 Å². The van der Waals surface area contributed by atoms with Gasteiger partial charge in [0.05, 0.1) is 0 Å². The Kier molecular flexibility index (Phi) is 3.74. The molecule has 72 valence electrons. The molecule has 1 N–H and O–H groups in total. The van der Waals surface area contributed by atoms with Crippen molar-refractivity contribution in [2.45, 2.75) is 26.7 Å². The van der Waals surface area contributed by atoms with Gasteiger partial charge in [-0.2, -0.15) is 0 Å². The highest BCUT2D eigenvalue weighted by atomic mass is 16.1. The molecule has 0 radical (unpaired) electrons. The lowest BCUT2D eigenvalue weighted by molar-refractivity contribution is -0.120. The van der Waals surface area contributed by atoms with Gasteiger partial charge < -0.3 is 5.32 Å². The van der Waals surface area contributed by atoms with Gasteiger partial charge in [-0.1, -0.05) is 32.1 Å². The summed E-state index contributed by atoms with van der Waals surface area (Å²) in [6.07, 6.45) is 8.11. The average Bonchev–Trinajstić information content (AvgIpc) is 2.66. The monoisotopic (exact) mass is 179 g/mol. The van der Waals surface area contributed by atoms with Crippen molar-refractivity contribution in [1.82, 2.24) is 5.32 Å². The molecular weight excluding hydrogens is 162 g/mol. The Bertz CT molecular complexity index is 240. The highest BCUT2D eigenvalue weighted by Gasteiger charge is 2.08. The Hall–Kier alpha value is -1.05. The van der Waals surface area contributed by atoms with Gasteiger partial charge in [0, 0.05) is 13.0 Å². The molecule has 1 amide bonds. The van der Waals surface area contributed by atoms with Crippen molar-refractivity contribution in [3.8, 4) is 0 Å². The van der Waals surface area contributed by atoms with E-state index in [1.54, 1.807) is 0 Å². The fourth-order valence-corrected chi connectivity index (χ4v) is 1.35. The second-order valence-corrected chi connectivity index (χ2v) is 3.40. The van der Waals surface area contributed by atoms with E-state index in [0.29, 0.717) is 12.3 Å². The highest BCUT2D eigenvalue weighted by Crippen LogP contribution is 2.17. The third-order valence-corrected chi connectivity index (χ3v) is 2.30. The summed E-state index contributed by atoms with van der Waals surface area (Å²) in [4.78, 5) is 11.0. The normalized spacial score (nSPS) is 16.9. The first kappa shape index (κ1) is 10.0. The predicted octanol–water partition coefficient (Wildman–Crippen LogP) is 2.04. The van der Waals surface area contributed by atoms with Crippen LogP contribution in [0.3, 0.4) is 0 Å². The minimum absolute atomic E-state index is 0.134. The number of hydrogen-bond donors (Lipinski definition) is 1. The van der Waals surface area contributed by atoms with Gasteiger partial charge >= 0.3 is 0 Å². The first-order valence-electron chi connectivity index (χ1n) is 4.87. The van der Waals surface area contributed by atoms with Crippen molar-refractivity contribution in [1.29, 1.82) is 0 Å². The van der Waals surface area contributed by atoms with Gasteiger partial charge in [0.15, 0.2) is 0 Å². The van der Waals surface area contributed by atoms with E-state index in [4.69, 9.17) is 0 Å². The molecule has 2 nitrogen and oxygen atoms in total. The maximum atomic E-state index is 11.0. The van der Waals surface area contributed by atoms with Gasteiger partial charge in [-0.25, -0.2) is 0 Å². The van der Waals surface area contributed by atoms with Crippen molar-refractivity contribution >= 4 is 5.91 Å². The van der Waals surface area contributed by atoms with E-state index in [-0.39, 0.29) is 5.91 Å². The zero-order valence-corrected chi connectivity index (χ0v) is 8.34. The van der Waals surface area contributed by atoms with Crippen LogP contribution in [0, 0.1) is 5.92 Å². The number of nitrogens with one attached hydrogen (secondary N) is 1. The predicted molar refractivity (Wildman–Crippen MR) is 54.3 cm³/mol. The number of amides is 1. The first-order chi connectivity index (χ1) is 6.24. The molecule has 1 unspecified atom stereocenters. The summed E-state index contributed by atoms with van der Waals surface area (Å²) in [5, 5.41) is 2.90. The van der Waals surface area contributed by atoms with Crippen LogP contribution in [-0.2, 0) is 4.79 Å². The summed E-state index contributed by atoms with van der Waals surface area (Å²) in [7, 11) is 0. The van der Waals surface area contributed by atoms with Crippen molar-refractivity contribution in [3.63, 3.8) is 0 Å². The zero-order valence-electron chi connectivity index (χ0n) is 8.34. The molecule has 0 fully saturated rings. The van der Waals surface area contributed by atoms with Crippen LogP contribution in [0.25, 0.3) is 0 Å². The molecule has 0 aromatic rings. The second kappa shape index (κ2) is 4.85. The molecule has 0 bridgehead atoms. The average molecular weight is 179 g/mol. The molecule has 1 aliphatic rings. The Labute approximate surface area is 79.7 Å². The summed E-state index contributed by atoms with van der Waals surface area (Å²) >= 11 is 0. The molecule has 1 atom stereocenters. The second-order valence-electron chi connectivity index (χ2n) is 3.40. The molecule has 0 spiro atoms. The van der Waals surface area contributed by atoms with E-state index >= 15 is 0 Å². The number of carbonyl (C=O) groups is 1. The Morgan fingerprint density at radius 2 is 2.46 bits per heavy atom. The van der Waals surface area contributed by atoms with Crippen LogP contribution in [0.4, 0.5) is 0 Å². The number of rotatable bonds is 4. The van der Waals surface area contributed by atoms with E-state index in [1.807, 2.05) is 6.92 Å². The molecule has 0 aromatic heterocycles. The lowest BCUT2D eigenvalue weighted by atomic mass is 10.0. The van der Waals surface area contributed by atoms with E-state index in [9.17, 15) is 4.79 Å². The van der Waals surface area contributed by atoms with Gasteiger partial charge in [-0.3, -0.25) is 4.79 Å². The fourth-order valence-electron chi connectivity index (χ4n) is 1.35. The van der Waals surface area contributed by atoms with Crippen molar-refractivity contribution in [3.05, 3.63) is 23.8 Å². The molecular formula is C11H17NO. The van der Waals surface area contributed by atoms with Crippen molar-refractivity contribution in [2.24, 2.45) is 5.92 Å². The van der Waals surface area contributed by atoms with Crippen LogP contribution in [-0.4, -0.2) is 12.5 Å². The van der Waals surface area contributed by atoms with Crippen LogP contribution >= 0.6 is 0 Å². The molecule has 0 saturated carbocycles. The molecule has 0 aliphatic heterocycles. The summed E-state index contributed by atoms with van der Waals surface area (Å²) in [5.41, 5.74) is 1.34. The summed E-state index contributed by atoms with van der Waals surface area (Å²) in [6.45, 7) is 4.76. The van der Waals surface area contributed by atoms with Gasteiger partial charge in [0.25, 0.3) is 0 Å². The maximum absolute atomic E-state index is 11.0. The van der Waals surface area contributed by atoms with Crippen molar-refractivity contribution in [2.75, 3.05) is 6.54 Å². The molecule has 1 aliphatic carbocycles. The minimum atomic E-state index is 0.134. The number of allylic oxidation sites excluding steroid dienone is 3. The summed E-state index contributed by atoms with van der Waals surface area (Å²) in [6, 6.07) is 0. The van der Waals surface area contributed by atoms with Gasteiger partial charge in [-0.05, 0) is 17.9 Å². The van der Waals surface area contributed by atoms with Gasteiger partial charge in [0.2, 0.25) is 5.91 Å². The summed E-state index contributed by atoms with van der Waals surface area (Å²) < 4.78 is 0. The van der Waals surface area contributed by atoms with Gasteiger partial charge in [-0.15, -0.1) is 0 Å².